The van der Waals surface area contributed by atoms with Gasteiger partial charge in [0.25, 0.3) is 5.56 Å². The minimum absolute atomic E-state index is 0.000780. The zero-order valence-electron chi connectivity index (χ0n) is 21.4. The molecule has 4 unspecified atom stereocenters. The zero-order valence-corrected chi connectivity index (χ0v) is 22.2. The molecule has 2 aliphatic rings. The molecule has 5 heterocycles. The Balaban J connectivity index is 1.25. The summed E-state index contributed by atoms with van der Waals surface area (Å²) >= 11 is 0. The van der Waals surface area contributed by atoms with E-state index in [4.69, 9.17) is 39.5 Å². The predicted octanol–water partition coefficient (Wildman–Crippen LogP) is -1.33. The molecule has 0 bridgehead atoms. The van der Waals surface area contributed by atoms with Gasteiger partial charge in [-0.15, -0.1) is 0 Å². The summed E-state index contributed by atoms with van der Waals surface area (Å²) in [6, 6.07) is 0. The molecule has 6 N–H and O–H groups in total. The van der Waals surface area contributed by atoms with Crippen LogP contribution in [0.4, 0.5) is 11.9 Å². The van der Waals surface area contributed by atoms with Gasteiger partial charge in [-0.25, -0.2) is 19.3 Å². The number of nitrogens with one attached hydrogen (secondary N) is 1. The number of aromatic amines is 1. The van der Waals surface area contributed by atoms with Crippen molar-refractivity contribution < 1.29 is 37.5 Å². The summed E-state index contributed by atoms with van der Waals surface area (Å²) in [6.45, 7) is -0.367. The summed E-state index contributed by atoms with van der Waals surface area (Å²) in [5.74, 6) is -0.285. The number of nitrogen functional groups attached to an aromatic ring is 2. The molecule has 2 saturated heterocycles. The number of H-pyrrole nitrogens is 1. The number of phosphoric ester groups is 1. The Morgan fingerprint density at radius 1 is 1.05 bits per heavy atom. The van der Waals surface area contributed by atoms with E-state index in [1.54, 1.807) is 0 Å². The van der Waals surface area contributed by atoms with Crippen LogP contribution < -0.4 is 22.7 Å². The molecule has 20 heteroatoms. The fraction of sp³-hybridized carbons (Fsp3) is 0.600. The van der Waals surface area contributed by atoms with E-state index in [0.29, 0.717) is 6.42 Å². The highest BCUT2D eigenvalue weighted by Crippen LogP contribution is 2.49. The summed E-state index contributed by atoms with van der Waals surface area (Å²) < 4.78 is 48.6. The van der Waals surface area contributed by atoms with Gasteiger partial charge in [-0.1, -0.05) is 0 Å². The molecule has 5 rings (SSSR count). The molecule has 2 fully saturated rings. The van der Waals surface area contributed by atoms with Gasteiger partial charge in [-0.3, -0.25) is 28.0 Å². The summed E-state index contributed by atoms with van der Waals surface area (Å²) in [7, 11) is -1.79. The van der Waals surface area contributed by atoms with Crippen molar-refractivity contribution in [2.75, 3.05) is 38.9 Å². The number of nitrogens with zero attached hydrogens (tertiary/aromatic N) is 6. The number of imidazole rings is 1. The van der Waals surface area contributed by atoms with Gasteiger partial charge in [-0.05, 0) is 0 Å². The Morgan fingerprint density at radius 2 is 1.73 bits per heavy atom. The SMILES string of the molecule is COC[C@H]1O[C@@H](n2cnc(N)nc2=O)CC1OP(=O)(O)OC[C@H]1OC(n2cnc3c(=O)[nH]c(N)nc32)CC1OC. The van der Waals surface area contributed by atoms with E-state index >= 15 is 0 Å². The maximum atomic E-state index is 12.9. The molecule has 0 amide bonds. The highest BCUT2D eigenvalue weighted by Gasteiger charge is 2.44. The van der Waals surface area contributed by atoms with Crippen molar-refractivity contribution in [1.29, 1.82) is 0 Å². The second kappa shape index (κ2) is 11.3. The first kappa shape index (κ1) is 28.2. The van der Waals surface area contributed by atoms with Crippen molar-refractivity contribution in [1.82, 2.24) is 34.1 Å². The molecule has 218 valence electrons. The predicted molar refractivity (Wildman–Crippen MR) is 134 cm³/mol. The van der Waals surface area contributed by atoms with Crippen LogP contribution >= 0.6 is 7.82 Å². The van der Waals surface area contributed by atoms with Crippen LogP contribution in [0.15, 0.2) is 22.2 Å². The lowest BCUT2D eigenvalue weighted by molar-refractivity contribution is -0.0642. The largest absolute Gasteiger partial charge is 0.472 e. The number of fused-ring (bicyclic) bond motifs is 1. The third-order valence-electron chi connectivity index (χ3n) is 6.48. The lowest BCUT2D eigenvalue weighted by atomic mass is 10.2. The number of phosphoric acid groups is 1. The fourth-order valence-corrected chi connectivity index (χ4v) is 5.60. The number of methoxy groups -OCH3 is 2. The number of hydrogen-bond acceptors (Lipinski definition) is 15. The van der Waals surface area contributed by atoms with Gasteiger partial charge in [0.05, 0.1) is 25.6 Å². The third kappa shape index (κ3) is 5.77. The highest BCUT2D eigenvalue weighted by molar-refractivity contribution is 7.47. The highest BCUT2D eigenvalue weighted by atomic mass is 31.2. The topological polar surface area (TPSA) is 256 Å². The summed E-state index contributed by atoms with van der Waals surface area (Å²) in [6.07, 6.45) is -1.83. The Labute approximate surface area is 225 Å². The maximum Gasteiger partial charge on any atom is 0.472 e. The van der Waals surface area contributed by atoms with E-state index in [-0.39, 0.29) is 42.7 Å². The first-order chi connectivity index (χ1) is 19.1. The molecular formula is C20H28N9O10P. The van der Waals surface area contributed by atoms with Crippen LogP contribution in [0.3, 0.4) is 0 Å². The third-order valence-corrected chi connectivity index (χ3v) is 7.49. The van der Waals surface area contributed by atoms with Gasteiger partial charge in [0.1, 0.15) is 37.1 Å². The Kier molecular flexibility index (Phi) is 7.98. The number of rotatable bonds is 10. The Hall–Kier alpha value is -3.29. The maximum absolute atomic E-state index is 12.9. The molecule has 19 nitrogen and oxygen atoms in total. The monoisotopic (exact) mass is 585 g/mol. The fourth-order valence-electron chi connectivity index (χ4n) is 4.64. The number of ether oxygens (including phenoxy) is 4. The van der Waals surface area contributed by atoms with Crippen LogP contribution in [0, 0.1) is 0 Å². The Bertz CT molecular complexity index is 1530. The second-order valence-electron chi connectivity index (χ2n) is 9.05. The van der Waals surface area contributed by atoms with Crippen LogP contribution in [0.1, 0.15) is 25.3 Å². The Morgan fingerprint density at radius 3 is 2.42 bits per heavy atom. The van der Waals surface area contributed by atoms with Gasteiger partial charge < -0.3 is 35.3 Å². The molecule has 0 spiro atoms. The molecule has 3 aromatic rings. The van der Waals surface area contributed by atoms with Crippen LogP contribution in [0.5, 0.6) is 0 Å². The molecular weight excluding hydrogens is 557 g/mol. The number of anilines is 2. The smallest absolute Gasteiger partial charge is 0.382 e. The van der Waals surface area contributed by atoms with Gasteiger partial charge in [-0.2, -0.15) is 9.97 Å². The molecule has 0 radical (unpaired) electrons. The summed E-state index contributed by atoms with van der Waals surface area (Å²) in [5.41, 5.74) is 10.2. The number of aromatic nitrogens is 7. The van der Waals surface area contributed by atoms with E-state index in [1.165, 1.54) is 31.4 Å². The van der Waals surface area contributed by atoms with Gasteiger partial charge in [0.15, 0.2) is 11.2 Å². The lowest BCUT2D eigenvalue weighted by Gasteiger charge is -2.23. The zero-order chi connectivity index (χ0) is 28.6. The van der Waals surface area contributed by atoms with Crippen LogP contribution in [-0.4, -0.2) is 90.8 Å². The average Bonchev–Trinajstić information content (AvgIpc) is 3.60. The van der Waals surface area contributed by atoms with Gasteiger partial charge in [0, 0.05) is 27.1 Å². The normalized spacial score (nSPS) is 28.3. The van der Waals surface area contributed by atoms with Crippen molar-refractivity contribution in [3.63, 3.8) is 0 Å². The quantitative estimate of drug-likeness (QED) is 0.201. The van der Waals surface area contributed by atoms with E-state index in [1.807, 2.05) is 0 Å². The van der Waals surface area contributed by atoms with Crippen molar-refractivity contribution in [2.45, 2.75) is 49.7 Å². The molecule has 2 aliphatic heterocycles. The molecule has 0 saturated carbocycles. The van der Waals surface area contributed by atoms with Gasteiger partial charge in [0.2, 0.25) is 11.9 Å². The molecule has 40 heavy (non-hydrogen) atoms. The van der Waals surface area contributed by atoms with E-state index < -0.39 is 55.9 Å². The molecule has 7 atom stereocenters. The van der Waals surface area contributed by atoms with Crippen LogP contribution in [0.25, 0.3) is 11.2 Å². The second-order valence-corrected chi connectivity index (χ2v) is 10.5. The molecule has 0 aromatic carbocycles. The van der Waals surface area contributed by atoms with Crippen molar-refractivity contribution >= 4 is 30.9 Å². The van der Waals surface area contributed by atoms with E-state index in [0.717, 1.165) is 4.57 Å². The first-order valence-corrected chi connectivity index (χ1v) is 13.5. The summed E-state index contributed by atoms with van der Waals surface area (Å²) in [4.78, 5) is 52.7. The lowest BCUT2D eigenvalue weighted by Crippen LogP contribution is -2.30. The molecule has 3 aromatic heterocycles. The average molecular weight is 585 g/mol. The van der Waals surface area contributed by atoms with Crippen molar-refractivity contribution in [2.24, 2.45) is 0 Å². The minimum Gasteiger partial charge on any atom is -0.382 e. The number of hydrogen-bond donors (Lipinski definition) is 4. The van der Waals surface area contributed by atoms with E-state index in [9.17, 15) is 19.0 Å². The minimum atomic E-state index is -4.67. The van der Waals surface area contributed by atoms with Crippen LogP contribution in [-0.2, 0) is 32.6 Å². The summed E-state index contributed by atoms with van der Waals surface area (Å²) in [5, 5.41) is 0. The standard InChI is InChI=1S/C20H28N9O10P/c1-34-5-11-10(4-14(37-11)29-8-24-18(21)27-20(29)31)39-40(32,33)36-6-12-9(35-2)3-13(38-12)28-7-23-15-16(28)25-19(22)26-17(15)30/h7-14H,3-6H2,1-2H3,(H,32,33)(H2,21,27,31)(H3,22,25,26,30)/t9?,10?,11-,12-,13?,14-/m1/s1. The first-order valence-electron chi connectivity index (χ1n) is 12.0. The van der Waals surface area contributed by atoms with Gasteiger partial charge >= 0.3 is 13.5 Å². The van der Waals surface area contributed by atoms with Crippen LogP contribution in [0.2, 0.25) is 0 Å². The number of nitrogens with two attached hydrogens (primary N) is 2. The van der Waals surface area contributed by atoms with Crippen molar-refractivity contribution in [3.8, 4) is 0 Å². The molecule has 0 aliphatic carbocycles. The van der Waals surface area contributed by atoms with Crippen molar-refractivity contribution in [3.05, 3.63) is 33.5 Å². The van der Waals surface area contributed by atoms with E-state index in [2.05, 4.69) is 24.9 Å².